The van der Waals surface area contributed by atoms with Gasteiger partial charge in [-0.1, -0.05) is 12.1 Å². The van der Waals surface area contributed by atoms with Gasteiger partial charge in [0.2, 0.25) is 10.0 Å². The van der Waals surface area contributed by atoms with Crippen LogP contribution in [0.3, 0.4) is 0 Å². The molecule has 1 aromatic carbocycles. The maximum Gasteiger partial charge on any atom is 0.215 e. The number of rotatable bonds is 7. The molecular formula is C14H18N2O4S. The summed E-state index contributed by atoms with van der Waals surface area (Å²) in [6.45, 7) is 1.74. The fourth-order valence-corrected chi connectivity index (χ4v) is 2.87. The summed E-state index contributed by atoms with van der Waals surface area (Å²) >= 11 is 0. The van der Waals surface area contributed by atoms with E-state index >= 15 is 0 Å². The lowest BCUT2D eigenvalue weighted by molar-refractivity contribution is 0.341. The number of sulfonamides is 1. The van der Waals surface area contributed by atoms with Crippen LogP contribution >= 0.6 is 0 Å². The molecule has 114 valence electrons. The molecule has 0 saturated heterocycles. The summed E-state index contributed by atoms with van der Waals surface area (Å²) in [5, 5.41) is 0. The summed E-state index contributed by atoms with van der Waals surface area (Å²) in [7, 11) is -3.47. The van der Waals surface area contributed by atoms with E-state index in [4.69, 9.17) is 14.9 Å². The molecular weight excluding hydrogens is 292 g/mol. The summed E-state index contributed by atoms with van der Waals surface area (Å²) in [4.78, 5) is 0. The Morgan fingerprint density at radius 2 is 2.05 bits per heavy atom. The highest BCUT2D eigenvalue weighted by atomic mass is 32.2. The molecule has 21 heavy (non-hydrogen) atoms. The second kappa shape index (κ2) is 6.64. The molecule has 0 saturated carbocycles. The first-order valence-corrected chi connectivity index (χ1v) is 8.14. The standard InChI is InChI=1S/C14H18N2O4S/c1-11(13-7-4-8-19-13)16-21(17,18)10-9-20-14-6-3-2-5-12(14)15/h2-8,11,16H,9-10,15H2,1H3. The van der Waals surface area contributed by atoms with Crippen molar-refractivity contribution in [1.82, 2.24) is 4.72 Å². The molecule has 3 N–H and O–H groups in total. The van der Waals surface area contributed by atoms with Crippen LogP contribution in [0.15, 0.2) is 47.1 Å². The number of para-hydroxylation sites is 2. The lowest BCUT2D eigenvalue weighted by Crippen LogP contribution is -2.31. The van der Waals surface area contributed by atoms with Crippen LogP contribution in [-0.2, 0) is 10.0 Å². The molecule has 1 atom stereocenters. The highest BCUT2D eigenvalue weighted by molar-refractivity contribution is 7.89. The average molecular weight is 310 g/mol. The van der Waals surface area contributed by atoms with Crippen molar-refractivity contribution in [2.75, 3.05) is 18.1 Å². The highest BCUT2D eigenvalue weighted by Crippen LogP contribution is 2.19. The van der Waals surface area contributed by atoms with Gasteiger partial charge in [0.05, 0.1) is 23.7 Å². The van der Waals surface area contributed by atoms with Crippen molar-refractivity contribution >= 4 is 15.7 Å². The topological polar surface area (TPSA) is 94.6 Å². The first-order chi connectivity index (χ1) is 9.98. The van der Waals surface area contributed by atoms with E-state index < -0.39 is 16.1 Å². The fraction of sp³-hybridized carbons (Fsp3) is 0.286. The Labute approximate surface area is 124 Å². The van der Waals surface area contributed by atoms with Crippen LogP contribution in [0.5, 0.6) is 5.75 Å². The van der Waals surface area contributed by atoms with Crippen LogP contribution < -0.4 is 15.2 Å². The third-order valence-corrected chi connectivity index (χ3v) is 4.27. The van der Waals surface area contributed by atoms with Gasteiger partial charge >= 0.3 is 0 Å². The minimum absolute atomic E-state index is 0.0222. The van der Waals surface area contributed by atoms with Crippen molar-refractivity contribution in [3.05, 3.63) is 48.4 Å². The predicted octanol–water partition coefficient (Wildman–Crippen LogP) is 1.92. The molecule has 2 aromatic rings. The first kappa shape index (κ1) is 15.4. The van der Waals surface area contributed by atoms with E-state index in [9.17, 15) is 8.42 Å². The summed E-state index contributed by atoms with van der Waals surface area (Å²) in [5.41, 5.74) is 6.19. The van der Waals surface area contributed by atoms with Crippen LogP contribution in [0.4, 0.5) is 5.69 Å². The average Bonchev–Trinajstić information content (AvgIpc) is 2.94. The zero-order chi connectivity index (χ0) is 15.3. The molecule has 1 heterocycles. The number of ether oxygens (including phenoxy) is 1. The van der Waals surface area contributed by atoms with E-state index in [0.717, 1.165) is 0 Å². The van der Waals surface area contributed by atoms with Crippen LogP contribution in [0.25, 0.3) is 0 Å². The third-order valence-electron chi connectivity index (χ3n) is 2.85. The quantitative estimate of drug-likeness (QED) is 0.762. The molecule has 2 rings (SSSR count). The molecule has 0 radical (unpaired) electrons. The van der Waals surface area contributed by atoms with E-state index in [0.29, 0.717) is 17.2 Å². The van der Waals surface area contributed by atoms with Crippen molar-refractivity contribution in [1.29, 1.82) is 0 Å². The van der Waals surface area contributed by atoms with E-state index in [1.54, 1.807) is 43.3 Å². The Morgan fingerprint density at radius 1 is 1.29 bits per heavy atom. The van der Waals surface area contributed by atoms with Crippen LogP contribution in [-0.4, -0.2) is 20.8 Å². The molecule has 7 heteroatoms. The normalized spacial score (nSPS) is 13.0. The molecule has 0 aliphatic heterocycles. The van der Waals surface area contributed by atoms with Crippen molar-refractivity contribution in [3.8, 4) is 5.75 Å². The van der Waals surface area contributed by atoms with E-state index in [-0.39, 0.29) is 12.4 Å². The number of nitrogens with one attached hydrogen (secondary N) is 1. The predicted molar refractivity (Wildman–Crippen MR) is 80.4 cm³/mol. The monoisotopic (exact) mass is 310 g/mol. The Hall–Kier alpha value is -1.99. The van der Waals surface area contributed by atoms with Gasteiger partial charge in [0.15, 0.2) is 0 Å². The molecule has 0 bridgehead atoms. The fourth-order valence-electron chi connectivity index (χ4n) is 1.80. The van der Waals surface area contributed by atoms with Gasteiger partial charge in [0.25, 0.3) is 0 Å². The van der Waals surface area contributed by atoms with Gasteiger partial charge in [-0.15, -0.1) is 0 Å². The Kier molecular flexibility index (Phi) is 4.87. The van der Waals surface area contributed by atoms with Gasteiger partial charge in [0.1, 0.15) is 18.1 Å². The number of hydrogen-bond donors (Lipinski definition) is 2. The zero-order valence-electron chi connectivity index (χ0n) is 11.7. The summed E-state index contributed by atoms with van der Waals surface area (Å²) in [5.74, 6) is 0.880. The lowest BCUT2D eigenvalue weighted by atomic mass is 10.3. The van der Waals surface area contributed by atoms with Gasteiger partial charge in [-0.2, -0.15) is 0 Å². The smallest absolute Gasteiger partial charge is 0.215 e. The van der Waals surface area contributed by atoms with Crippen molar-refractivity contribution in [2.24, 2.45) is 0 Å². The molecule has 0 spiro atoms. The van der Waals surface area contributed by atoms with E-state index in [2.05, 4.69) is 4.72 Å². The Balaban J connectivity index is 1.86. The van der Waals surface area contributed by atoms with E-state index in [1.807, 2.05) is 0 Å². The second-order valence-corrected chi connectivity index (χ2v) is 6.43. The SMILES string of the molecule is CC(NS(=O)(=O)CCOc1ccccc1N)c1ccco1. The largest absolute Gasteiger partial charge is 0.490 e. The second-order valence-electron chi connectivity index (χ2n) is 4.56. The minimum atomic E-state index is -3.47. The van der Waals surface area contributed by atoms with Crippen molar-refractivity contribution < 1.29 is 17.6 Å². The zero-order valence-corrected chi connectivity index (χ0v) is 12.5. The van der Waals surface area contributed by atoms with Crippen LogP contribution in [0.2, 0.25) is 0 Å². The van der Waals surface area contributed by atoms with Gasteiger partial charge in [-0.25, -0.2) is 13.1 Å². The number of nitrogens with two attached hydrogens (primary N) is 1. The Morgan fingerprint density at radius 3 is 2.71 bits per heavy atom. The molecule has 0 amide bonds. The number of furan rings is 1. The maximum atomic E-state index is 11.9. The summed E-state index contributed by atoms with van der Waals surface area (Å²) in [6, 6.07) is 9.95. The number of nitrogen functional groups attached to an aromatic ring is 1. The Bertz CT molecular complexity index is 668. The lowest BCUT2D eigenvalue weighted by Gasteiger charge is -2.13. The molecule has 0 aliphatic rings. The molecule has 1 aromatic heterocycles. The molecule has 1 unspecified atom stereocenters. The van der Waals surface area contributed by atoms with Gasteiger partial charge in [-0.3, -0.25) is 0 Å². The number of benzene rings is 1. The van der Waals surface area contributed by atoms with Crippen LogP contribution in [0, 0.1) is 0 Å². The van der Waals surface area contributed by atoms with E-state index in [1.165, 1.54) is 6.26 Å². The number of hydrogen-bond acceptors (Lipinski definition) is 5. The molecule has 0 fully saturated rings. The third kappa shape index (κ3) is 4.51. The maximum absolute atomic E-state index is 11.9. The highest BCUT2D eigenvalue weighted by Gasteiger charge is 2.17. The van der Waals surface area contributed by atoms with Gasteiger partial charge in [-0.05, 0) is 31.2 Å². The number of anilines is 1. The molecule has 0 aliphatic carbocycles. The molecule has 6 nitrogen and oxygen atoms in total. The van der Waals surface area contributed by atoms with Crippen LogP contribution in [0.1, 0.15) is 18.7 Å². The first-order valence-electron chi connectivity index (χ1n) is 6.48. The minimum Gasteiger partial charge on any atom is -0.490 e. The van der Waals surface area contributed by atoms with Gasteiger partial charge in [0, 0.05) is 0 Å². The van der Waals surface area contributed by atoms with Gasteiger partial charge < -0.3 is 14.9 Å². The van der Waals surface area contributed by atoms with Crippen molar-refractivity contribution in [3.63, 3.8) is 0 Å². The summed E-state index contributed by atoms with van der Waals surface area (Å²) < 4.78 is 37.0. The summed E-state index contributed by atoms with van der Waals surface area (Å²) in [6.07, 6.45) is 1.50. The van der Waals surface area contributed by atoms with Crippen molar-refractivity contribution in [2.45, 2.75) is 13.0 Å².